The summed E-state index contributed by atoms with van der Waals surface area (Å²) >= 11 is 0. The first-order chi connectivity index (χ1) is 8.92. The van der Waals surface area contributed by atoms with Gasteiger partial charge in [0.1, 0.15) is 5.82 Å². The summed E-state index contributed by atoms with van der Waals surface area (Å²) in [7, 11) is 0. The second kappa shape index (κ2) is 3.83. The third-order valence-electron chi connectivity index (χ3n) is 3.94. The van der Waals surface area contributed by atoms with Crippen molar-refractivity contribution in [3.05, 3.63) is 29.6 Å². The molecule has 1 aromatic heterocycles. The number of hydrogen-bond acceptors (Lipinski definition) is 3. The smallest absolute Gasteiger partial charge is 0.164 e. The highest BCUT2D eigenvalue weighted by Crippen LogP contribution is 2.29. The zero-order valence-electron chi connectivity index (χ0n) is 10.3. The number of nitrogens with one attached hydrogen (secondary N) is 1. The van der Waals surface area contributed by atoms with Crippen molar-refractivity contribution in [1.82, 2.24) is 14.8 Å². The molecule has 18 heavy (non-hydrogen) atoms. The van der Waals surface area contributed by atoms with Gasteiger partial charge < -0.3 is 9.88 Å². The standard InChI is InChI=1S/C14H16N4/c1-2-8-18-13(3-1)16-17-14(18)11-5-4-10-6-7-15-12(10)9-11/h4-5,9,15H,1-3,6-8H2. The quantitative estimate of drug-likeness (QED) is 0.831. The first-order valence-electron chi connectivity index (χ1n) is 6.71. The van der Waals surface area contributed by atoms with E-state index < -0.39 is 0 Å². The Morgan fingerprint density at radius 3 is 3.11 bits per heavy atom. The van der Waals surface area contributed by atoms with Gasteiger partial charge in [0.25, 0.3) is 0 Å². The maximum Gasteiger partial charge on any atom is 0.164 e. The van der Waals surface area contributed by atoms with Gasteiger partial charge in [0.2, 0.25) is 0 Å². The number of fused-ring (bicyclic) bond motifs is 2. The molecule has 0 saturated heterocycles. The van der Waals surface area contributed by atoms with Gasteiger partial charge in [-0.05, 0) is 30.9 Å². The fourth-order valence-corrected chi connectivity index (χ4v) is 2.95. The molecule has 0 aliphatic carbocycles. The van der Waals surface area contributed by atoms with Crippen molar-refractivity contribution in [2.75, 3.05) is 11.9 Å². The van der Waals surface area contributed by atoms with Gasteiger partial charge in [0.05, 0.1) is 0 Å². The maximum absolute atomic E-state index is 4.38. The highest BCUT2D eigenvalue weighted by Gasteiger charge is 2.18. The van der Waals surface area contributed by atoms with E-state index in [2.05, 4.69) is 38.3 Å². The molecule has 0 bridgehead atoms. The number of hydrogen-bond donors (Lipinski definition) is 1. The molecule has 0 radical (unpaired) electrons. The third kappa shape index (κ3) is 1.45. The summed E-state index contributed by atoms with van der Waals surface area (Å²) < 4.78 is 2.28. The minimum atomic E-state index is 1.03. The average Bonchev–Trinajstić information content (AvgIpc) is 3.04. The number of rotatable bonds is 1. The van der Waals surface area contributed by atoms with Crippen molar-refractivity contribution in [2.24, 2.45) is 0 Å². The highest BCUT2D eigenvalue weighted by molar-refractivity contribution is 5.67. The van der Waals surface area contributed by atoms with Crippen LogP contribution >= 0.6 is 0 Å². The SMILES string of the molecule is c1cc2c(cc1-c1nnc3n1CCCC3)NCC2. The topological polar surface area (TPSA) is 42.7 Å². The Morgan fingerprint density at radius 1 is 1.11 bits per heavy atom. The van der Waals surface area contributed by atoms with E-state index in [1.165, 1.54) is 29.7 Å². The van der Waals surface area contributed by atoms with Crippen LogP contribution in [0.3, 0.4) is 0 Å². The lowest BCUT2D eigenvalue weighted by Gasteiger charge is -2.15. The zero-order chi connectivity index (χ0) is 11.9. The van der Waals surface area contributed by atoms with Crippen molar-refractivity contribution in [3.63, 3.8) is 0 Å². The lowest BCUT2D eigenvalue weighted by molar-refractivity contribution is 0.526. The van der Waals surface area contributed by atoms with Crippen LogP contribution in [0.25, 0.3) is 11.4 Å². The van der Waals surface area contributed by atoms with Gasteiger partial charge in [0.15, 0.2) is 5.82 Å². The fraction of sp³-hybridized carbons (Fsp3) is 0.429. The molecule has 0 amide bonds. The van der Waals surface area contributed by atoms with Crippen molar-refractivity contribution < 1.29 is 0 Å². The number of aryl methyl sites for hydroxylation is 1. The Hall–Kier alpha value is -1.84. The van der Waals surface area contributed by atoms with Crippen LogP contribution < -0.4 is 5.32 Å². The Morgan fingerprint density at radius 2 is 2.11 bits per heavy atom. The second-order valence-electron chi connectivity index (χ2n) is 5.10. The molecular weight excluding hydrogens is 224 g/mol. The van der Waals surface area contributed by atoms with Crippen LogP contribution in [-0.2, 0) is 19.4 Å². The predicted molar refractivity (Wildman–Crippen MR) is 70.6 cm³/mol. The van der Waals surface area contributed by atoms with Gasteiger partial charge in [-0.2, -0.15) is 0 Å². The molecule has 1 aromatic carbocycles. The average molecular weight is 240 g/mol. The molecule has 0 unspecified atom stereocenters. The van der Waals surface area contributed by atoms with Crippen LogP contribution in [-0.4, -0.2) is 21.3 Å². The molecule has 4 nitrogen and oxygen atoms in total. The van der Waals surface area contributed by atoms with E-state index in [1.54, 1.807) is 0 Å². The van der Waals surface area contributed by atoms with E-state index in [4.69, 9.17) is 0 Å². The van der Waals surface area contributed by atoms with E-state index in [0.29, 0.717) is 0 Å². The monoisotopic (exact) mass is 240 g/mol. The summed E-state index contributed by atoms with van der Waals surface area (Å²) in [6.07, 6.45) is 4.68. The Bertz CT molecular complexity index is 600. The van der Waals surface area contributed by atoms with E-state index >= 15 is 0 Å². The van der Waals surface area contributed by atoms with Crippen molar-refractivity contribution in [3.8, 4) is 11.4 Å². The molecule has 2 aliphatic rings. The molecule has 1 N–H and O–H groups in total. The molecule has 4 rings (SSSR count). The Labute approximate surface area is 106 Å². The van der Waals surface area contributed by atoms with Gasteiger partial charge in [0, 0.05) is 30.8 Å². The number of nitrogens with zero attached hydrogens (tertiary/aromatic N) is 3. The van der Waals surface area contributed by atoms with Gasteiger partial charge >= 0.3 is 0 Å². The Kier molecular flexibility index (Phi) is 2.15. The van der Waals surface area contributed by atoms with Crippen LogP contribution in [0.2, 0.25) is 0 Å². The van der Waals surface area contributed by atoms with Crippen LogP contribution in [0.15, 0.2) is 18.2 Å². The van der Waals surface area contributed by atoms with Gasteiger partial charge in [-0.25, -0.2) is 0 Å². The molecule has 3 heterocycles. The van der Waals surface area contributed by atoms with E-state index in [9.17, 15) is 0 Å². The van der Waals surface area contributed by atoms with Crippen molar-refractivity contribution in [1.29, 1.82) is 0 Å². The van der Waals surface area contributed by atoms with E-state index in [-0.39, 0.29) is 0 Å². The van der Waals surface area contributed by atoms with Gasteiger partial charge in [-0.1, -0.05) is 12.1 Å². The van der Waals surface area contributed by atoms with Gasteiger partial charge in [-0.15, -0.1) is 10.2 Å². The summed E-state index contributed by atoms with van der Waals surface area (Å²) in [5.41, 5.74) is 3.86. The molecule has 0 spiro atoms. The zero-order valence-corrected chi connectivity index (χ0v) is 10.3. The first-order valence-corrected chi connectivity index (χ1v) is 6.71. The summed E-state index contributed by atoms with van der Waals surface area (Å²) in [5.74, 6) is 2.17. The number of anilines is 1. The fourth-order valence-electron chi connectivity index (χ4n) is 2.95. The molecule has 0 saturated carbocycles. The summed E-state index contributed by atoms with van der Waals surface area (Å²) in [6.45, 7) is 2.11. The van der Waals surface area contributed by atoms with Crippen LogP contribution in [0.5, 0.6) is 0 Å². The molecule has 0 fully saturated rings. The molecule has 2 aromatic rings. The minimum absolute atomic E-state index is 1.03. The van der Waals surface area contributed by atoms with Crippen LogP contribution in [0.1, 0.15) is 24.2 Å². The predicted octanol–water partition coefficient (Wildman–Crippen LogP) is 2.25. The normalized spacial score (nSPS) is 17.1. The van der Waals surface area contributed by atoms with Crippen LogP contribution in [0, 0.1) is 0 Å². The highest BCUT2D eigenvalue weighted by atomic mass is 15.3. The lowest BCUT2D eigenvalue weighted by Crippen LogP contribution is -2.11. The maximum atomic E-state index is 4.38. The minimum Gasteiger partial charge on any atom is -0.384 e. The largest absolute Gasteiger partial charge is 0.384 e. The van der Waals surface area contributed by atoms with Crippen molar-refractivity contribution in [2.45, 2.75) is 32.2 Å². The van der Waals surface area contributed by atoms with E-state index in [0.717, 1.165) is 37.6 Å². The number of aromatic nitrogens is 3. The molecule has 0 atom stereocenters. The van der Waals surface area contributed by atoms with E-state index in [1.807, 2.05) is 0 Å². The molecular formula is C14H16N4. The molecule has 2 aliphatic heterocycles. The third-order valence-corrected chi connectivity index (χ3v) is 3.94. The molecule has 92 valence electrons. The molecule has 4 heteroatoms. The lowest BCUT2D eigenvalue weighted by atomic mass is 10.1. The summed E-state index contributed by atoms with van der Waals surface area (Å²) in [4.78, 5) is 0. The van der Waals surface area contributed by atoms with Crippen molar-refractivity contribution >= 4 is 5.69 Å². The van der Waals surface area contributed by atoms with Crippen LogP contribution in [0.4, 0.5) is 5.69 Å². The summed E-state index contributed by atoms with van der Waals surface area (Å²) in [5, 5.41) is 12.1. The number of benzene rings is 1. The Balaban J connectivity index is 1.81. The second-order valence-corrected chi connectivity index (χ2v) is 5.10. The van der Waals surface area contributed by atoms with Gasteiger partial charge in [-0.3, -0.25) is 0 Å². The first kappa shape index (κ1) is 10.1. The summed E-state index contributed by atoms with van der Waals surface area (Å²) in [6, 6.07) is 6.61.